The van der Waals surface area contributed by atoms with Crippen molar-refractivity contribution in [1.29, 1.82) is 0 Å². The zero-order chi connectivity index (χ0) is 10.1. The number of hydrogen-bond acceptors (Lipinski definition) is 2. The summed E-state index contributed by atoms with van der Waals surface area (Å²) in [6, 6.07) is 0.454. The van der Waals surface area contributed by atoms with Gasteiger partial charge in [-0.25, -0.2) is 0 Å². The van der Waals surface area contributed by atoms with Crippen LogP contribution in [0.2, 0.25) is 0 Å². The summed E-state index contributed by atoms with van der Waals surface area (Å²) in [6.45, 7) is 4.23. The van der Waals surface area contributed by atoms with E-state index in [-0.39, 0.29) is 0 Å². The second kappa shape index (κ2) is 3.89. The van der Waals surface area contributed by atoms with E-state index < -0.39 is 0 Å². The molecule has 80 valence electrons. The molecular weight excluding hydrogens is 176 g/mol. The standard InChI is InChI=1S/C11H20N2O/c1-8(10-3-4-10)13(2)11(14)5-9-6-12-7-9/h8-10,12H,3-7H2,1-2H3. The molecule has 1 amide bonds. The smallest absolute Gasteiger partial charge is 0.222 e. The van der Waals surface area contributed by atoms with E-state index in [2.05, 4.69) is 12.2 Å². The molecule has 0 bridgehead atoms. The van der Waals surface area contributed by atoms with Crippen molar-refractivity contribution in [2.75, 3.05) is 20.1 Å². The van der Waals surface area contributed by atoms with Crippen LogP contribution in [0.3, 0.4) is 0 Å². The lowest BCUT2D eigenvalue weighted by Gasteiger charge is -2.31. The van der Waals surface area contributed by atoms with Crippen LogP contribution in [0, 0.1) is 11.8 Å². The Morgan fingerprint density at radius 2 is 2.14 bits per heavy atom. The molecule has 2 rings (SSSR count). The summed E-state index contributed by atoms with van der Waals surface area (Å²) in [5.41, 5.74) is 0. The van der Waals surface area contributed by atoms with E-state index in [1.807, 2.05) is 11.9 Å². The minimum Gasteiger partial charge on any atom is -0.343 e. The van der Waals surface area contributed by atoms with E-state index in [1.165, 1.54) is 12.8 Å². The molecule has 1 aliphatic carbocycles. The summed E-state index contributed by atoms with van der Waals surface area (Å²) >= 11 is 0. The van der Waals surface area contributed by atoms with Crippen molar-refractivity contribution in [3.8, 4) is 0 Å². The first kappa shape index (κ1) is 9.97. The number of rotatable bonds is 4. The van der Waals surface area contributed by atoms with Crippen LogP contribution >= 0.6 is 0 Å². The monoisotopic (exact) mass is 196 g/mol. The Morgan fingerprint density at radius 3 is 2.57 bits per heavy atom. The van der Waals surface area contributed by atoms with E-state index in [1.54, 1.807) is 0 Å². The molecule has 2 aliphatic rings. The number of carbonyl (C=O) groups excluding carboxylic acids is 1. The Labute approximate surface area is 85.8 Å². The fraction of sp³-hybridized carbons (Fsp3) is 0.909. The molecule has 3 heteroatoms. The van der Waals surface area contributed by atoms with E-state index in [9.17, 15) is 4.79 Å². The molecule has 0 spiro atoms. The predicted molar refractivity (Wildman–Crippen MR) is 55.9 cm³/mol. The Bertz CT molecular complexity index is 221. The summed E-state index contributed by atoms with van der Waals surface area (Å²) in [5.74, 6) is 1.70. The molecule has 1 N–H and O–H groups in total. The highest BCUT2D eigenvalue weighted by atomic mass is 16.2. The van der Waals surface area contributed by atoms with Gasteiger partial charge in [0.1, 0.15) is 0 Å². The van der Waals surface area contributed by atoms with Crippen LogP contribution in [0.25, 0.3) is 0 Å². The SMILES string of the molecule is CC(C1CC1)N(C)C(=O)CC1CNC1. The molecule has 1 saturated carbocycles. The number of nitrogens with one attached hydrogen (secondary N) is 1. The Morgan fingerprint density at radius 1 is 1.50 bits per heavy atom. The van der Waals surface area contributed by atoms with Crippen LogP contribution in [-0.4, -0.2) is 37.0 Å². The fourth-order valence-corrected chi connectivity index (χ4v) is 2.01. The van der Waals surface area contributed by atoms with Crippen molar-refractivity contribution in [2.24, 2.45) is 11.8 Å². The van der Waals surface area contributed by atoms with Crippen molar-refractivity contribution < 1.29 is 4.79 Å². The van der Waals surface area contributed by atoms with Gasteiger partial charge in [-0.3, -0.25) is 4.79 Å². The molecule has 0 aromatic rings. The molecule has 2 fully saturated rings. The van der Waals surface area contributed by atoms with Gasteiger partial charge in [-0.05, 0) is 44.7 Å². The highest BCUT2D eigenvalue weighted by Crippen LogP contribution is 2.34. The third-order valence-electron chi connectivity index (χ3n) is 3.64. The van der Waals surface area contributed by atoms with Crippen molar-refractivity contribution in [2.45, 2.75) is 32.2 Å². The predicted octanol–water partition coefficient (Wildman–Crippen LogP) is 0.853. The number of carbonyl (C=O) groups is 1. The van der Waals surface area contributed by atoms with Crippen molar-refractivity contribution in [3.05, 3.63) is 0 Å². The highest BCUT2D eigenvalue weighted by molar-refractivity contribution is 5.76. The van der Waals surface area contributed by atoms with Crippen LogP contribution < -0.4 is 5.32 Å². The zero-order valence-corrected chi connectivity index (χ0v) is 9.12. The maximum Gasteiger partial charge on any atom is 0.222 e. The van der Waals surface area contributed by atoms with Gasteiger partial charge in [0.25, 0.3) is 0 Å². The van der Waals surface area contributed by atoms with Crippen LogP contribution in [0.5, 0.6) is 0 Å². The van der Waals surface area contributed by atoms with E-state index in [0.29, 0.717) is 17.9 Å². The summed E-state index contributed by atoms with van der Waals surface area (Å²) in [4.78, 5) is 13.8. The second-order valence-electron chi connectivity index (χ2n) is 4.81. The van der Waals surface area contributed by atoms with E-state index in [4.69, 9.17) is 0 Å². The molecule has 1 saturated heterocycles. The molecule has 3 nitrogen and oxygen atoms in total. The average molecular weight is 196 g/mol. The largest absolute Gasteiger partial charge is 0.343 e. The first-order chi connectivity index (χ1) is 6.68. The first-order valence-electron chi connectivity index (χ1n) is 5.65. The molecule has 0 aromatic carbocycles. The van der Waals surface area contributed by atoms with Crippen LogP contribution in [-0.2, 0) is 4.79 Å². The molecule has 0 radical (unpaired) electrons. The minimum absolute atomic E-state index is 0.330. The normalized spacial score (nSPS) is 24.1. The van der Waals surface area contributed by atoms with Gasteiger partial charge in [0, 0.05) is 19.5 Å². The maximum atomic E-state index is 11.8. The number of nitrogens with zero attached hydrogens (tertiary/aromatic N) is 1. The topological polar surface area (TPSA) is 32.3 Å². The highest BCUT2D eigenvalue weighted by Gasteiger charge is 2.33. The number of amides is 1. The molecular formula is C11H20N2O. The molecule has 1 heterocycles. The van der Waals surface area contributed by atoms with Gasteiger partial charge in [0.05, 0.1) is 0 Å². The van der Waals surface area contributed by atoms with Crippen molar-refractivity contribution in [1.82, 2.24) is 10.2 Å². The quantitative estimate of drug-likeness (QED) is 0.723. The lowest BCUT2D eigenvalue weighted by molar-refractivity contribution is -0.133. The van der Waals surface area contributed by atoms with Crippen molar-refractivity contribution >= 4 is 5.91 Å². The second-order valence-corrected chi connectivity index (χ2v) is 4.81. The Hall–Kier alpha value is -0.570. The summed E-state index contributed by atoms with van der Waals surface area (Å²) in [6.07, 6.45) is 3.36. The zero-order valence-electron chi connectivity index (χ0n) is 9.12. The first-order valence-corrected chi connectivity index (χ1v) is 5.65. The summed E-state index contributed by atoms with van der Waals surface area (Å²) in [7, 11) is 1.96. The van der Waals surface area contributed by atoms with Gasteiger partial charge >= 0.3 is 0 Å². The van der Waals surface area contributed by atoms with Gasteiger partial charge in [-0.2, -0.15) is 0 Å². The summed E-state index contributed by atoms with van der Waals surface area (Å²) in [5, 5.41) is 3.20. The molecule has 1 aliphatic heterocycles. The molecule has 1 unspecified atom stereocenters. The van der Waals surface area contributed by atoms with Crippen LogP contribution in [0.15, 0.2) is 0 Å². The third kappa shape index (κ3) is 2.08. The van der Waals surface area contributed by atoms with Gasteiger partial charge in [-0.1, -0.05) is 0 Å². The Balaban J connectivity index is 1.76. The fourth-order valence-electron chi connectivity index (χ4n) is 2.01. The van der Waals surface area contributed by atoms with E-state index >= 15 is 0 Å². The summed E-state index contributed by atoms with van der Waals surface area (Å²) < 4.78 is 0. The average Bonchev–Trinajstić information content (AvgIpc) is 2.91. The van der Waals surface area contributed by atoms with Crippen LogP contribution in [0.1, 0.15) is 26.2 Å². The lowest BCUT2D eigenvalue weighted by atomic mass is 9.98. The third-order valence-corrected chi connectivity index (χ3v) is 3.64. The Kier molecular flexibility index (Phi) is 2.77. The van der Waals surface area contributed by atoms with Crippen LogP contribution in [0.4, 0.5) is 0 Å². The van der Waals surface area contributed by atoms with Gasteiger partial charge in [0.15, 0.2) is 0 Å². The maximum absolute atomic E-state index is 11.8. The minimum atomic E-state index is 0.330. The number of hydrogen-bond donors (Lipinski definition) is 1. The van der Waals surface area contributed by atoms with Gasteiger partial charge in [0.2, 0.25) is 5.91 Å². The van der Waals surface area contributed by atoms with Gasteiger partial charge in [-0.15, -0.1) is 0 Å². The molecule has 14 heavy (non-hydrogen) atoms. The van der Waals surface area contributed by atoms with Gasteiger partial charge < -0.3 is 10.2 Å². The van der Waals surface area contributed by atoms with Crippen molar-refractivity contribution in [3.63, 3.8) is 0 Å². The molecule has 1 atom stereocenters. The van der Waals surface area contributed by atoms with E-state index in [0.717, 1.165) is 25.4 Å². The molecule has 0 aromatic heterocycles. The lowest BCUT2D eigenvalue weighted by Crippen LogP contribution is -2.46.